The molecule has 1 aliphatic rings. The number of hydrogen-bond acceptors (Lipinski definition) is 2. The highest BCUT2D eigenvalue weighted by Gasteiger charge is 2.30. The van der Waals surface area contributed by atoms with Crippen molar-refractivity contribution in [1.82, 2.24) is 0 Å². The topological polar surface area (TPSA) is 35.2 Å². The quantitative estimate of drug-likeness (QED) is 0.754. The molecule has 0 amide bonds. The largest absolute Gasteiger partial charge is 0.377 e. The maximum absolute atomic E-state index is 5.85. The first-order valence-corrected chi connectivity index (χ1v) is 5.96. The summed E-state index contributed by atoms with van der Waals surface area (Å²) >= 11 is 0. The molecule has 0 saturated heterocycles. The molecular weight excluding hydrogens is 174 g/mol. The molecule has 0 bridgehead atoms. The third kappa shape index (κ3) is 3.25. The summed E-state index contributed by atoms with van der Waals surface area (Å²) in [5.74, 6) is 2.32. The predicted molar refractivity (Wildman–Crippen MR) is 60.1 cm³/mol. The van der Waals surface area contributed by atoms with E-state index in [1.54, 1.807) is 0 Å². The van der Waals surface area contributed by atoms with Crippen molar-refractivity contribution < 1.29 is 4.74 Å². The Labute approximate surface area is 88.2 Å². The Bertz CT molecular complexity index is 158. The van der Waals surface area contributed by atoms with E-state index in [0.29, 0.717) is 12.6 Å². The molecule has 0 heterocycles. The van der Waals surface area contributed by atoms with Crippen LogP contribution in [-0.4, -0.2) is 19.3 Å². The molecule has 2 heteroatoms. The van der Waals surface area contributed by atoms with Gasteiger partial charge in [0.2, 0.25) is 0 Å². The molecule has 0 spiro atoms. The van der Waals surface area contributed by atoms with Crippen LogP contribution in [0.15, 0.2) is 0 Å². The van der Waals surface area contributed by atoms with Gasteiger partial charge < -0.3 is 10.5 Å². The second-order valence-electron chi connectivity index (χ2n) is 5.02. The van der Waals surface area contributed by atoms with Gasteiger partial charge in [0, 0.05) is 6.54 Å². The average Bonchev–Trinajstić information content (AvgIpc) is 2.14. The lowest BCUT2D eigenvalue weighted by molar-refractivity contribution is -0.0349. The molecule has 2 nitrogen and oxygen atoms in total. The van der Waals surface area contributed by atoms with Crippen LogP contribution in [-0.2, 0) is 4.74 Å². The molecule has 1 rings (SSSR count). The summed E-state index contributed by atoms with van der Waals surface area (Å²) in [6.07, 6.45) is 4.38. The average molecular weight is 199 g/mol. The van der Waals surface area contributed by atoms with Crippen LogP contribution < -0.4 is 5.73 Å². The molecule has 84 valence electrons. The van der Waals surface area contributed by atoms with Crippen molar-refractivity contribution in [3.8, 4) is 0 Å². The summed E-state index contributed by atoms with van der Waals surface area (Å²) in [6, 6.07) is 0. The van der Waals surface area contributed by atoms with Crippen LogP contribution in [0, 0.1) is 17.8 Å². The van der Waals surface area contributed by atoms with Crippen molar-refractivity contribution in [2.24, 2.45) is 23.5 Å². The maximum Gasteiger partial charge on any atom is 0.0608 e. The predicted octanol–water partition coefficient (Wildman–Crippen LogP) is 2.42. The summed E-state index contributed by atoms with van der Waals surface area (Å²) in [4.78, 5) is 0. The highest BCUT2D eigenvalue weighted by atomic mass is 16.5. The van der Waals surface area contributed by atoms with Crippen LogP contribution in [0.1, 0.15) is 40.0 Å². The zero-order valence-electron chi connectivity index (χ0n) is 9.83. The smallest absolute Gasteiger partial charge is 0.0608 e. The highest BCUT2D eigenvalue weighted by molar-refractivity contribution is 4.81. The van der Waals surface area contributed by atoms with Crippen molar-refractivity contribution >= 4 is 0 Å². The van der Waals surface area contributed by atoms with Gasteiger partial charge in [0.25, 0.3) is 0 Å². The van der Waals surface area contributed by atoms with Crippen LogP contribution in [0.25, 0.3) is 0 Å². The summed E-state index contributed by atoms with van der Waals surface area (Å²) < 4.78 is 5.85. The van der Waals surface area contributed by atoms with Crippen LogP contribution in [0.2, 0.25) is 0 Å². The molecule has 1 saturated carbocycles. The molecule has 2 N–H and O–H groups in total. The zero-order valence-corrected chi connectivity index (χ0v) is 9.83. The van der Waals surface area contributed by atoms with Crippen molar-refractivity contribution in [3.05, 3.63) is 0 Å². The van der Waals surface area contributed by atoms with E-state index in [1.165, 1.54) is 19.3 Å². The van der Waals surface area contributed by atoms with E-state index >= 15 is 0 Å². The number of ether oxygens (including phenoxy) is 1. The van der Waals surface area contributed by atoms with E-state index in [-0.39, 0.29) is 0 Å². The molecule has 0 radical (unpaired) electrons. The lowest BCUT2D eigenvalue weighted by atomic mass is 9.75. The first-order chi connectivity index (χ1) is 6.65. The molecule has 1 aliphatic carbocycles. The van der Waals surface area contributed by atoms with E-state index in [9.17, 15) is 0 Å². The molecule has 0 aromatic heterocycles. The molecule has 0 aliphatic heterocycles. The Kier molecular flexibility index (Phi) is 4.90. The van der Waals surface area contributed by atoms with Gasteiger partial charge in [0.15, 0.2) is 0 Å². The third-order valence-corrected chi connectivity index (χ3v) is 3.41. The summed E-state index contributed by atoms with van der Waals surface area (Å²) in [5, 5.41) is 0. The lowest BCUT2D eigenvalue weighted by Gasteiger charge is -2.37. The minimum atomic E-state index is 0.460. The first kappa shape index (κ1) is 12.0. The van der Waals surface area contributed by atoms with Gasteiger partial charge in [-0.15, -0.1) is 0 Å². The number of rotatable bonds is 4. The minimum Gasteiger partial charge on any atom is -0.377 e. The van der Waals surface area contributed by atoms with Crippen LogP contribution >= 0.6 is 0 Å². The van der Waals surface area contributed by atoms with Crippen molar-refractivity contribution in [2.45, 2.75) is 46.1 Å². The summed E-state index contributed by atoms with van der Waals surface area (Å²) in [5.41, 5.74) is 5.48. The highest BCUT2D eigenvalue weighted by Crippen LogP contribution is 2.35. The lowest BCUT2D eigenvalue weighted by Crippen LogP contribution is -2.35. The fraction of sp³-hybridized carbons (Fsp3) is 1.00. The van der Waals surface area contributed by atoms with E-state index in [0.717, 1.165) is 24.4 Å². The second kappa shape index (κ2) is 5.72. The Balaban J connectivity index is 2.45. The van der Waals surface area contributed by atoms with E-state index in [1.807, 2.05) is 0 Å². The fourth-order valence-electron chi connectivity index (χ4n) is 2.53. The third-order valence-electron chi connectivity index (χ3n) is 3.41. The van der Waals surface area contributed by atoms with Crippen LogP contribution in [0.4, 0.5) is 0 Å². The monoisotopic (exact) mass is 199 g/mol. The molecule has 0 aromatic rings. The Morgan fingerprint density at radius 1 is 1.36 bits per heavy atom. The SMILES string of the molecule is CC(C)[C@@H]1CC[C@@H](C)C[C@H]1OCCN. The normalized spacial score (nSPS) is 33.6. The fourth-order valence-corrected chi connectivity index (χ4v) is 2.53. The summed E-state index contributed by atoms with van der Waals surface area (Å²) in [6.45, 7) is 8.31. The van der Waals surface area contributed by atoms with Gasteiger partial charge in [-0.3, -0.25) is 0 Å². The molecular formula is C12H25NO. The number of nitrogens with two attached hydrogens (primary N) is 1. The van der Waals surface area contributed by atoms with Gasteiger partial charge in [-0.2, -0.15) is 0 Å². The van der Waals surface area contributed by atoms with Crippen LogP contribution in [0.3, 0.4) is 0 Å². The number of hydrogen-bond donors (Lipinski definition) is 1. The molecule has 14 heavy (non-hydrogen) atoms. The Hall–Kier alpha value is -0.0800. The molecule has 0 aromatic carbocycles. The van der Waals surface area contributed by atoms with Gasteiger partial charge in [-0.25, -0.2) is 0 Å². The van der Waals surface area contributed by atoms with Gasteiger partial charge in [-0.05, 0) is 30.6 Å². The minimum absolute atomic E-state index is 0.460. The van der Waals surface area contributed by atoms with Crippen LogP contribution in [0.5, 0.6) is 0 Å². The van der Waals surface area contributed by atoms with Crippen molar-refractivity contribution in [2.75, 3.05) is 13.2 Å². The molecule has 1 fully saturated rings. The van der Waals surface area contributed by atoms with Crippen molar-refractivity contribution in [1.29, 1.82) is 0 Å². The van der Waals surface area contributed by atoms with E-state index in [4.69, 9.17) is 10.5 Å². The second-order valence-corrected chi connectivity index (χ2v) is 5.02. The van der Waals surface area contributed by atoms with Gasteiger partial charge in [0.1, 0.15) is 0 Å². The van der Waals surface area contributed by atoms with Crippen molar-refractivity contribution in [3.63, 3.8) is 0 Å². The standard InChI is InChI=1S/C12H25NO/c1-9(2)11-5-4-10(3)8-12(11)14-7-6-13/h9-12H,4-8,13H2,1-3H3/t10-,11+,12-/m1/s1. The van der Waals surface area contributed by atoms with Gasteiger partial charge >= 0.3 is 0 Å². The Morgan fingerprint density at radius 3 is 2.64 bits per heavy atom. The Morgan fingerprint density at radius 2 is 2.07 bits per heavy atom. The first-order valence-electron chi connectivity index (χ1n) is 5.96. The zero-order chi connectivity index (χ0) is 10.6. The van der Waals surface area contributed by atoms with E-state index < -0.39 is 0 Å². The van der Waals surface area contributed by atoms with E-state index in [2.05, 4.69) is 20.8 Å². The maximum atomic E-state index is 5.85. The van der Waals surface area contributed by atoms with Gasteiger partial charge in [-0.1, -0.05) is 27.2 Å². The molecule has 0 unspecified atom stereocenters. The summed E-state index contributed by atoms with van der Waals surface area (Å²) in [7, 11) is 0. The van der Waals surface area contributed by atoms with Gasteiger partial charge in [0.05, 0.1) is 12.7 Å². The molecule has 3 atom stereocenters.